The molecule has 1 aliphatic heterocycles. The molecule has 7 heteroatoms. The second-order valence-electron chi connectivity index (χ2n) is 5.88. The van der Waals surface area contributed by atoms with E-state index in [1.807, 2.05) is 6.92 Å². The Morgan fingerprint density at radius 3 is 2.92 bits per heavy atom. The van der Waals surface area contributed by atoms with Crippen LogP contribution in [0.2, 0.25) is 0 Å². The molecule has 2 heterocycles. The van der Waals surface area contributed by atoms with E-state index in [1.165, 1.54) is 10.7 Å². The van der Waals surface area contributed by atoms with E-state index in [2.05, 4.69) is 10.4 Å². The van der Waals surface area contributed by atoms with E-state index in [1.54, 1.807) is 35.5 Å². The first-order valence-electron chi connectivity index (χ1n) is 7.91. The van der Waals surface area contributed by atoms with Crippen molar-refractivity contribution in [3.05, 3.63) is 48.0 Å². The van der Waals surface area contributed by atoms with E-state index < -0.39 is 0 Å². The fourth-order valence-corrected chi connectivity index (χ4v) is 2.74. The Bertz CT molecular complexity index is 759. The van der Waals surface area contributed by atoms with Gasteiger partial charge in [0.2, 0.25) is 11.8 Å². The minimum Gasteiger partial charge on any atom is -0.348 e. The SMILES string of the molecule is C[C@H](NC(=O)CN1CCCC1=O)c1cnn(-c2ccccc2F)c1. The molecule has 0 spiro atoms. The maximum atomic E-state index is 13.8. The average Bonchev–Trinajstić information content (AvgIpc) is 3.18. The molecule has 1 atom stereocenters. The number of likely N-dealkylation sites (tertiary alicyclic amines) is 1. The van der Waals surface area contributed by atoms with Gasteiger partial charge in [-0.2, -0.15) is 5.10 Å². The summed E-state index contributed by atoms with van der Waals surface area (Å²) in [7, 11) is 0. The lowest BCUT2D eigenvalue weighted by Crippen LogP contribution is -2.38. The van der Waals surface area contributed by atoms with Gasteiger partial charge in [0, 0.05) is 24.7 Å². The molecule has 2 amide bonds. The van der Waals surface area contributed by atoms with Crippen LogP contribution in [0, 0.1) is 5.82 Å². The van der Waals surface area contributed by atoms with Crippen LogP contribution in [0.3, 0.4) is 0 Å². The molecule has 1 aliphatic rings. The highest BCUT2D eigenvalue weighted by Crippen LogP contribution is 2.17. The molecule has 3 rings (SSSR count). The topological polar surface area (TPSA) is 67.2 Å². The van der Waals surface area contributed by atoms with Gasteiger partial charge in [-0.15, -0.1) is 0 Å². The second kappa shape index (κ2) is 6.82. The van der Waals surface area contributed by atoms with E-state index in [-0.39, 0.29) is 30.2 Å². The number of nitrogens with one attached hydrogen (secondary N) is 1. The van der Waals surface area contributed by atoms with Crippen molar-refractivity contribution in [1.29, 1.82) is 0 Å². The Morgan fingerprint density at radius 1 is 1.42 bits per heavy atom. The van der Waals surface area contributed by atoms with Gasteiger partial charge in [-0.25, -0.2) is 9.07 Å². The molecule has 0 saturated carbocycles. The quantitative estimate of drug-likeness (QED) is 0.909. The number of carbonyl (C=O) groups excluding carboxylic acids is 2. The highest BCUT2D eigenvalue weighted by atomic mass is 19.1. The average molecular weight is 330 g/mol. The number of halogens is 1. The van der Waals surface area contributed by atoms with Crippen molar-refractivity contribution in [3.8, 4) is 5.69 Å². The lowest BCUT2D eigenvalue weighted by atomic mass is 10.2. The van der Waals surface area contributed by atoms with Gasteiger partial charge >= 0.3 is 0 Å². The van der Waals surface area contributed by atoms with Crippen molar-refractivity contribution < 1.29 is 14.0 Å². The summed E-state index contributed by atoms with van der Waals surface area (Å²) in [5.41, 5.74) is 1.12. The maximum Gasteiger partial charge on any atom is 0.240 e. The number of nitrogens with zero attached hydrogens (tertiary/aromatic N) is 3. The van der Waals surface area contributed by atoms with Crippen LogP contribution in [0.1, 0.15) is 31.4 Å². The molecule has 1 saturated heterocycles. The molecule has 1 aromatic carbocycles. The van der Waals surface area contributed by atoms with E-state index in [0.29, 0.717) is 18.7 Å². The maximum absolute atomic E-state index is 13.8. The molecule has 24 heavy (non-hydrogen) atoms. The number of aromatic nitrogens is 2. The summed E-state index contributed by atoms with van der Waals surface area (Å²) in [5, 5.41) is 6.99. The van der Waals surface area contributed by atoms with Crippen LogP contribution in [0.4, 0.5) is 4.39 Å². The Kier molecular flexibility index (Phi) is 4.59. The summed E-state index contributed by atoms with van der Waals surface area (Å²) in [4.78, 5) is 25.2. The summed E-state index contributed by atoms with van der Waals surface area (Å²) < 4.78 is 15.2. The summed E-state index contributed by atoms with van der Waals surface area (Å²) >= 11 is 0. The Labute approximate surface area is 139 Å². The van der Waals surface area contributed by atoms with Crippen molar-refractivity contribution >= 4 is 11.8 Å². The highest BCUT2D eigenvalue weighted by Gasteiger charge is 2.23. The van der Waals surface area contributed by atoms with Crippen molar-refractivity contribution in [3.63, 3.8) is 0 Å². The number of hydrogen-bond donors (Lipinski definition) is 1. The predicted octanol–water partition coefficient (Wildman–Crippen LogP) is 1.81. The fraction of sp³-hybridized carbons (Fsp3) is 0.353. The lowest BCUT2D eigenvalue weighted by molar-refractivity contribution is -0.133. The van der Waals surface area contributed by atoms with Gasteiger partial charge in [-0.05, 0) is 25.5 Å². The third-order valence-electron chi connectivity index (χ3n) is 4.09. The molecule has 0 radical (unpaired) electrons. The number of para-hydroxylation sites is 1. The summed E-state index contributed by atoms with van der Waals surface area (Å²) in [6.45, 7) is 2.53. The standard InChI is InChI=1S/C17H19FN4O2/c1-12(20-16(23)11-21-8-4-7-17(21)24)13-9-19-22(10-13)15-6-3-2-5-14(15)18/h2-3,5-6,9-10,12H,4,7-8,11H2,1H3,(H,20,23)/t12-/m0/s1. The monoisotopic (exact) mass is 330 g/mol. The number of benzene rings is 1. The van der Waals surface area contributed by atoms with Crippen LogP contribution < -0.4 is 5.32 Å². The van der Waals surface area contributed by atoms with Gasteiger partial charge in [-0.3, -0.25) is 9.59 Å². The van der Waals surface area contributed by atoms with Crippen LogP contribution in [-0.4, -0.2) is 39.6 Å². The molecule has 0 aliphatic carbocycles. The van der Waals surface area contributed by atoms with Crippen LogP contribution >= 0.6 is 0 Å². The van der Waals surface area contributed by atoms with E-state index in [4.69, 9.17) is 0 Å². The molecule has 0 unspecified atom stereocenters. The van der Waals surface area contributed by atoms with Crippen LogP contribution in [0.5, 0.6) is 0 Å². The van der Waals surface area contributed by atoms with Crippen LogP contribution in [0.15, 0.2) is 36.7 Å². The van der Waals surface area contributed by atoms with Crippen molar-refractivity contribution in [2.24, 2.45) is 0 Å². The molecule has 1 N–H and O–H groups in total. The van der Waals surface area contributed by atoms with Crippen molar-refractivity contribution in [2.75, 3.05) is 13.1 Å². The molecule has 1 fully saturated rings. The third kappa shape index (κ3) is 3.45. The van der Waals surface area contributed by atoms with E-state index in [9.17, 15) is 14.0 Å². The number of hydrogen-bond acceptors (Lipinski definition) is 3. The number of carbonyl (C=O) groups is 2. The molecule has 0 bridgehead atoms. The van der Waals surface area contributed by atoms with Crippen LogP contribution in [0.25, 0.3) is 5.69 Å². The molecule has 6 nitrogen and oxygen atoms in total. The third-order valence-corrected chi connectivity index (χ3v) is 4.09. The smallest absolute Gasteiger partial charge is 0.240 e. The molecule has 1 aromatic heterocycles. The Balaban J connectivity index is 1.63. The Morgan fingerprint density at radius 2 is 2.21 bits per heavy atom. The zero-order valence-corrected chi connectivity index (χ0v) is 13.4. The fourth-order valence-electron chi connectivity index (χ4n) is 2.74. The number of rotatable bonds is 5. The highest BCUT2D eigenvalue weighted by molar-refractivity contribution is 5.86. The second-order valence-corrected chi connectivity index (χ2v) is 5.88. The molecular weight excluding hydrogens is 311 g/mol. The molecule has 2 aromatic rings. The number of amides is 2. The first-order valence-corrected chi connectivity index (χ1v) is 7.91. The van der Waals surface area contributed by atoms with Crippen LogP contribution in [-0.2, 0) is 9.59 Å². The minimum absolute atomic E-state index is 0.0187. The van der Waals surface area contributed by atoms with E-state index >= 15 is 0 Å². The lowest BCUT2D eigenvalue weighted by Gasteiger charge is -2.17. The van der Waals surface area contributed by atoms with Crippen molar-refractivity contribution in [1.82, 2.24) is 20.0 Å². The zero-order valence-electron chi connectivity index (χ0n) is 13.4. The first kappa shape index (κ1) is 16.2. The summed E-state index contributed by atoms with van der Waals surface area (Å²) in [5.74, 6) is -0.557. The molecule has 126 valence electrons. The minimum atomic E-state index is -0.364. The largest absolute Gasteiger partial charge is 0.348 e. The zero-order chi connectivity index (χ0) is 17.1. The van der Waals surface area contributed by atoms with Gasteiger partial charge in [-0.1, -0.05) is 12.1 Å². The van der Waals surface area contributed by atoms with Gasteiger partial charge < -0.3 is 10.2 Å². The predicted molar refractivity (Wildman–Crippen MR) is 85.9 cm³/mol. The van der Waals surface area contributed by atoms with Gasteiger partial charge in [0.05, 0.1) is 18.8 Å². The van der Waals surface area contributed by atoms with Gasteiger partial charge in [0.15, 0.2) is 0 Å². The van der Waals surface area contributed by atoms with Gasteiger partial charge in [0.1, 0.15) is 11.5 Å². The van der Waals surface area contributed by atoms with Crippen molar-refractivity contribution in [2.45, 2.75) is 25.8 Å². The summed E-state index contributed by atoms with van der Waals surface area (Å²) in [6, 6.07) is 6.07. The summed E-state index contributed by atoms with van der Waals surface area (Å²) in [6.07, 6.45) is 4.60. The first-order chi connectivity index (χ1) is 11.5. The normalized spacial score (nSPS) is 15.6. The van der Waals surface area contributed by atoms with Gasteiger partial charge in [0.25, 0.3) is 0 Å². The van der Waals surface area contributed by atoms with E-state index in [0.717, 1.165) is 12.0 Å². The molecular formula is C17H19FN4O2. The Hall–Kier alpha value is -2.70.